The van der Waals surface area contributed by atoms with Crippen LogP contribution in [0.2, 0.25) is 0 Å². The second-order valence-corrected chi connectivity index (χ2v) is 6.45. The number of amides is 2. The van der Waals surface area contributed by atoms with E-state index in [-0.39, 0.29) is 17.6 Å². The predicted molar refractivity (Wildman–Crippen MR) is 108 cm³/mol. The summed E-state index contributed by atoms with van der Waals surface area (Å²) in [6.07, 6.45) is 5.40. The van der Waals surface area contributed by atoms with E-state index in [9.17, 15) is 9.59 Å². The minimum absolute atomic E-state index is 0.168. The minimum atomic E-state index is -0.365. The first-order chi connectivity index (χ1) is 13.0. The maximum absolute atomic E-state index is 12.8. The van der Waals surface area contributed by atoms with Crippen LogP contribution in [0.5, 0.6) is 0 Å². The highest BCUT2D eigenvalue weighted by Gasteiger charge is 2.21. The van der Waals surface area contributed by atoms with Gasteiger partial charge in [-0.3, -0.25) is 9.59 Å². The van der Waals surface area contributed by atoms with Crippen molar-refractivity contribution in [1.82, 2.24) is 0 Å². The smallest absolute Gasteiger partial charge is 0.293 e. The van der Waals surface area contributed by atoms with Gasteiger partial charge in [-0.15, -0.1) is 6.42 Å². The van der Waals surface area contributed by atoms with Crippen LogP contribution in [-0.2, 0) is 0 Å². The Morgan fingerprint density at radius 3 is 2.59 bits per heavy atom. The molecule has 0 unspecified atom stereocenters. The number of hydrogen-bond acceptors (Lipinski definition) is 3. The van der Waals surface area contributed by atoms with E-state index in [1.165, 1.54) is 4.90 Å². The van der Waals surface area contributed by atoms with Gasteiger partial charge in [-0.05, 0) is 58.4 Å². The van der Waals surface area contributed by atoms with Crippen molar-refractivity contribution in [2.75, 3.05) is 17.3 Å². The number of benzene rings is 2. The Balaban J connectivity index is 1.87. The maximum Gasteiger partial charge on any atom is 0.293 e. The lowest BCUT2D eigenvalue weighted by Gasteiger charge is -2.19. The number of nitrogens with one attached hydrogen (secondary N) is 1. The lowest BCUT2D eigenvalue weighted by molar-refractivity contribution is 0.0965. The summed E-state index contributed by atoms with van der Waals surface area (Å²) < 4.78 is 5.77. The number of furan rings is 1. The van der Waals surface area contributed by atoms with Gasteiger partial charge in [-0.25, -0.2) is 0 Å². The summed E-state index contributed by atoms with van der Waals surface area (Å²) in [6.45, 7) is 0. The van der Waals surface area contributed by atoms with Crippen LogP contribution < -0.4 is 10.2 Å². The number of rotatable bonds is 4. The third kappa shape index (κ3) is 4.10. The lowest BCUT2D eigenvalue weighted by atomic mass is 10.1. The Labute approximate surface area is 165 Å². The molecule has 0 aliphatic heterocycles. The summed E-state index contributed by atoms with van der Waals surface area (Å²) in [6, 6.07) is 17.0. The van der Waals surface area contributed by atoms with Crippen LogP contribution in [0.25, 0.3) is 0 Å². The highest BCUT2D eigenvalue weighted by atomic mass is 79.9. The van der Waals surface area contributed by atoms with Crippen LogP contribution in [0.15, 0.2) is 69.8 Å². The van der Waals surface area contributed by atoms with Gasteiger partial charge in [0.15, 0.2) is 10.4 Å². The topological polar surface area (TPSA) is 62.6 Å². The zero-order chi connectivity index (χ0) is 19.4. The molecule has 0 aliphatic rings. The van der Waals surface area contributed by atoms with Crippen LogP contribution in [-0.4, -0.2) is 18.9 Å². The van der Waals surface area contributed by atoms with E-state index < -0.39 is 0 Å². The number of hydrogen-bond donors (Lipinski definition) is 1. The zero-order valence-electron chi connectivity index (χ0n) is 14.4. The van der Waals surface area contributed by atoms with E-state index in [4.69, 9.17) is 10.8 Å². The van der Waals surface area contributed by atoms with Crippen LogP contribution >= 0.6 is 15.9 Å². The van der Waals surface area contributed by atoms with Crippen molar-refractivity contribution in [2.45, 2.75) is 0 Å². The number of anilines is 2. The molecular formula is C21H15BrN2O3. The summed E-state index contributed by atoms with van der Waals surface area (Å²) in [4.78, 5) is 26.8. The molecule has 134 valence electrons. The van der Waals surface area contributed by atoms with Crippen molar-refractivity contribution in [3.05, 3.63) is 82.2 Å². The van der Waals surface area contributed by atoms with Crippen molar-refractivity contribution in [2.24, 2.45) is 0 Å². The standard InChI is InChI=1S/C21H15BrN2O3/c1-3-14-7-6-8-15(13-14)23-20(25)16-9-4-5-10-17(16)24(2)21(26)18-11-12-19(22)27-18/h1,4-13H,2H3,(H,23,25). The van der Waals surface area contributed by atoms with Gasteiger partial charge in [0, 0.05) is 18.3 Å². The first-order valence-electron chi connectivity index (χ1n) is 8.00. The van der Waals surface area contributed by atoms with Crippen molar-refractivity contribution >= 4 is 39.1 Å². The maximum atomic E-state index is 12.8. The summed E-state index contributed by atoms with van der Waals surface area (Å²) in [5, 5.41) is 2.81. The quantitative estimate of drug-likeness (QED) is 0.627. The van der Waals surface area contributed by atoms with Gasteiger partial charge in [-0.1, -0.05) is 24.1 Å². The van der Waals surface area contributed by atoms with Crippen LogP contribution in [0, 0.1) is 12.3 Å². The summed E-state index contributed by atoms with van der Waals surface area (Å²) in [7, 11) is 1.59. The van der Waals surface area contributed by atoms with Crippen molar-refractivity contribution in [3.8, 4) is 12.3 Å². The zero-order valence-corrected chi connectivity index (χ0v) is 16.0. The Bertz CT molecular complexity index is 1050. The molecule has 3 aromatic rings. The van der Waals surface area contributed by atoms with Gasteiger partial charge >= 0.3 is 0 Å². The van der Waals surface area contributed by atoms with Crippen LogP contribution in [0.4, 0.5) is 11.4 Å². The van der Waals surface area contributed by atoms with Crippen LogP contribution in [0.3, 0.4) is 0 Å². The van der Waals surface area contributed by atoms with E-state index >= 15 is 0 Å². The predicted octanol–water partition coefficient (Wildman–Crippen LogP) is 4.55. The number of carbonyl (C=O) groups is 2. The minimum Gasteiger partial charge on any atom is -0.444 e. The Kier molecular flexibility index (Phi) is 5.43. The molecule has 3 rings (SSSR count). The molecular weight excluding hydrogens is 408 g/mol. The molecule has 1 heterocycles. The van der Waals surface area contributed by atoms with E-state index in [0.29, 0.717) is 27.2 Å². The fourth-order valence-corrected chi connectivity index (χ4v) is 2.85. The summed E-state index contributed by atoms with van der Waals surface area (Å²) in [5.74, 6) is 1.98. The first-order valence-corrected chi connectivity index (χ1v) is 8.79. The number of nitrogens with zero attached hydrogens (tertiary/aromatic N) is 1. The van der Waals surface area contributed by atoms with E-state index in [1.807, 2.05) is 0 Å². The van der Waals surface area contributed by atoms with Gasteiger partial charge in [-0.2, -0.15) is 0 Å². The first kappa shape index (κ1) is 18.5. The second-order valence-electron chi connectivity index (χ2n) is 5.66. The molecule has 0 spiro atoms. The van der Waals surface area contributed by atoms with E-state index in [2.05, 4.69) is 27.2 Å². The largest absolute Gasteiger partial charge is 0.444 e. The van der Waals surface area contributed by atoms with Crippen molar-refractivity contribution in [1.29, 1.82) is 0 Å². The average Bonchev–Trinajstić information content (AvgIpc) is 3.13. The highest BCUT2D eigenvalue weighted by molar-refractivity contribution is 9.10. The summed E-state index contributed by atoms with van der Waals surface area (Å²) >= 11 is 3.18. The van der Waals surface area contributed by atoms with Gasteiger partial charge in [0.25, 0.3) is 11.8 Å². The summed E-state index contributed by atoms with van der Waals surface area (Å²) in [5.41, 5.74) is 2.05. The third-order valence-corrected chi connectivity index (χ3v) is 4.31. The van der Waals surface area contributed by atoms with Gasteiger partial charge in [0.2, 0.25) is 0 Å². The van der Waals surface area contributed by atoms with Gasteiger partial charge < -0.3 is 14.6 Å². The van der Waals surface area contributed by atoms with Gasteiger partial charge in [0.05, 0.1) is 11.3 Å². The fraction of sp³-hybridized carbons (Fsp3) is 0.0476. The molecule has 0 saturated carbocycles. The fourth-order valence-electron chi connectivity index (χ4n) is 2.55. The molecule has 6 heteroatoms. The Hall–Kier alpha value is -3.30. The molecule has 0 saturated heterocycles. The number of halogens is 1. The lowest BCUT2D eigenvalue weighted by Crippen LogP contribution is -2.28. The molecule has 2 amide bonds. The molecule has 0 radical (unpaired) electrons. The van der Waals surface area contributed by atoms with Crippen molar-refractivity contribution < 1.29 is 14.0 Å². The van der Waals surface area contributed by atoms with Crippen molar-refractivity contribution in [3.63, 3.8) is 0 Å². The van der Waals surface area contributed by atoms with E-state index in [0.717, 1.165) is 0 Å². The number of terminal acetylenes is 1. The Morgan fingerprint density at radius 1 is 1.11 bits per heavy atom. The third-order valence-electron chi connectivity index (χ3n) is 3.89. The molecule has 1 aromatic heterocycles. The normalized spacial score (nSPS) is 10.1. The van der Waals surface area contributed by atoms with Crippen LogP contribution in [0.1, 0.15) is 26.5 Å². The number of para-hydroxylation sites is 1. The Morgan fingerprint density at radius 2 is 1.89 bits per heavy atom. The molecule has 2 aromatic carbocycles. The second kappa shape index (κ2) is 7.94. The molecule has 0 bridgehead atoms. The molecule has 0 atom stereocenters. The molecule has 0 aliphatic carbocycles. The molecule has 1 N–H and O–H groups in total. The SMILES string of the molecule is C#Cc1cccc(NC(=O)c2ccccc2N(C)C(=O)c2ccc(Br)o2)c1. The van der Waals surface area contributed by atoms with Gasteiger partial charge in [0.1, 0.15) is 0 Å². The average molecular weight is 423 g/mol. The molecule has 0 fully saturated rings. The monoisotopic (exact) mass is 422 g/mol. The number of carbonyl (C=O) groups excluding carboxylic acids is 2. The molecule has 5 nitrogen and oxygen atoms in total. The van der Waals surface area contributed by atoms with E-state index in [1.54, 1.807) is 67.7 Å². The molecule has 27 heavy (non-hydrogen) atoms. The highest BCUT2D eigenvalue weighted by Crippen LogP contribution is 2.24.